The Hall–Kier alpha value is -2.56. The van der Waals surface area contributed by atoms with E-state index >= 15 is 0 Å². The molecule has 94 valence electrons. The predicted molar refractivity (Wildman–Crippen MR) is 71.1 cm³/mol. The highest BCUT2D eigenvalue weighted by atomic mass is 19.1. The molecule has 0 atom stereocenters. The van der Waals surface area contributed by atoms with Crippen molar-refractivity contribution < 1.29 is 4.39 Å². The molecule has 1 N–H and O–H groups in total. The van der Waals surface area contributed by atoms with Crippen LogP contribution < -0.4 is 5.32 Å². The molecule has 0 bridgehead atoms. The lowest BCUT2D eigenvalue weighted by Gasteiger charge is -2.04. The second kappa shape index (κ2) is 4.97. The zero-order valence-corrected chi connectivity index (χ0v) is 10.0. The molecule has 0 radical (unpaired) electrons. The van der Waals surface area contributed by atoms with Gasteiger partial charge in [0.25, 0.3) is 0 Å². The van der Waals surface area contributed by atoms with Crippen molar-refractivity contribution in [3.63, 3.8) is 0 Å². The molecule has 0 saturated heterocycles. The first-order valence-corrected chi connectivity index (χ1v) is 5.89. The Bertz CT molecular complexity index is 697. The maximum atomic E-state index is 12.8. The Morgan fingerprint density at radius 2 is 1.63 bits per heavy atom. The van der Waals surface area contributed by atoms with Crippen LogP contribution in [0.5, 0.6) is 0 Å². The number of benzene rings is 2. The summed E-state index contributed by atoms with van der Waals surface area (Å²) in [7, 11) is 0. The van der Waals surface area contributed by atoms with Crippen LogP contribution in [-0.2, 0) is 6.54 Å². The number of hydrogen-bond acceptors (Lipinski definition) is 4. The Morgan fingerprint density at radius 3 is 2.42 bits per heavy atom. The van der Waals surface area contributed by atoms with Gasteiger partial charge >= 0.3 is 0 Å². The fourth-order valence-corrected chi connectivity index (χ4v) is 1.74. The molecule has 0 fully saturated rings. The summed E-state index contributed by atoms with van der Waals surface area (Å²) in [6.45, 7) is 0.528. The minimum absolute atomic E-state index is 0.243. The monoisotopic (exact) mass is 254 g/mol. The molecule has 0 saturated carbocycles. The van der Waals surface area contributed by atoms with Gasteiger partial charge < -0.3 is 5.32 Å². The number of hydrogen-bond donors (Lipinski definition) is 1. The summed E-state index contributed by atoms with van der Waals surface area (Å²) in [5.41, 5.74) is 2.51. The fourth-order valence-electron chi connectivity index (χ4n) is 1.74. The first kappa shape index (κ1) is 11.5. The van der Waals surface area contributed by atoms with Gasteiger partial charge in [-0.15, -0.1) is 10.2 Å². The Labute approximate surface area is 109 Å². The molecule has 0 unspecified atom stereocenters. The van der Waals surface area contributed by atoms with Crippen molar-refractivity contribution in [1.82, 2.24) is 15.2 Å². The first-order valence-electron chi connectivity index (χ1n) is 5.89. The van der Waals surface area contributed by atoms with Crippen LogP contribution in [0.2, 0.25) is 0 Å². The second-order valence-electron chi connectivity index (χ2n) is 4.10. The van der Waals surface area contributed by atoms with E-state index in [1.807, 2.05) is 24.3 Å². The molecule has 0 amide bonds. The molecule has 3 aromatic rings. The normalized spacial score (nSPS) is 10.6. The number of halogens is 1. The van der Waals surface area contributed by atoms with Gasteiger partial charge in [-0.1, -0.05) is 24.3 Å². The Morgan fingerprint density at radius 1 is 0.895 bits per heavy atom. The summed E-state index contributed by atoms with van der Waals surface area (Å²) in [6.07, 6.45) is 0. The van der Waals surface area contributed by atoms with Gasteiger partial charge in [-0.3, -0.25) is 0 Å². The maximum absolute atomic E-state index is 12.8. The van der Waals surface area contributed by atoms with Crippen LogP contribution in [0.3, 0.4) is 0 Å². The molecular formula is C14H11FN4. The van der Waals surface area contributed by atoms with Gasteiger partial charge in [0.2, 0.25) is 5.95 Å². The molecule has 19 heavy (non-hydrogen) atoms. The van der Waals surface area contributed by atoms with Crippen molar-refractivity contribution in [3.05, 3.63) is 59.9 Å². The summed E-state index contributed by atoms with van der Waals surface area (Å²) < 4.78 is 12.8. The van der Waals surface area contributed by atoms with Crippen LogP contribution in [0.1, 0.15) is 5.56 Å². The highest BCUT2D eigenvalue weighted by Crippen LogP contribution is 2.10. The lowest BCUT2D eigenvalue weighted by atomic mass is 10.2. The van der Waals surface area contributed by atoms with Gasteiger partial charge in [0, 0.05) is 6.54 Å². The van der Waals surface area contributed by atoms with E-state index in [9.17, 15) is 4.39 Å². The van der Waals surface area contributed by atoms with E-state index in [-0.39, 0.29) is 5.82 Å². The largest absolute Gasteiger partial charge is 0.349 e. The van der Waals surface area contributed by atoms with E-state index in [1.54, 1.807) is 12.1 Å². The number of nitrogens with one attached hydrogen (secondary N) is 1. The zero-order valence-electron chi connectivity index (χ0n) is 10.0. The number of para-hydroxylation sites is 1. The standard InChI is InChI=1S/C14H11FN4/c15-11-7-5-10(6-8-11)9-16-14-17-12-3-1-2-4-13(12)18-19-14/h1-8H,9H2,(H,16,17,19). The number of rotatable bonds is 3. The quantitative estimate of drug-likeness (QED) is 0.780. The predicted octanol–water partition coefficient (Wildman–Crippen LogP) is 2.78. The highest BCUT2D eigenvalue weighted by Gasteiger charge is 2.01. The van der Waals surface area contributed by atoms with E-state index < -0.39 is 0 Å². The highest BCUT2D eigenvalue weighted by molar-refractivity contribution is 5.73. The minimum Gasteiger partial charge on any atom is -0.349 e. The van der Waals surface area contributed by atoms with Crippen LogP contribution in [0, 0.1) is 5.82 Å². The van der Waals surface area contributed by atoms with Crippen molar-refractivity contribution in [3.8, 4) is 0 Å². The minimum atomic E-state index is -0.243. The van der Waals surface area contributed by atoms with Crippen LogP contribution in [-0.4, -0.2) is 15.2 Å². The maximum Gasteiger partial charge on any atom is 0.243 e. The Balaban J connectivity index is 1.76. The smallest absolute Gasteiger partial charge is 0.243 e. The molecule has 0 spiro atoms. The zero-order chi connectivity index (χ0) is 13.1. The molecule has 0 aliphatic carbocycles. The third kappa shape index (κ3) is 2.65. The van der Waals surface area contributed by atoms with E-state index in [1.165, 1.54) is 12.1 Å². The van der Waals surface area contributed by atoms with Crippen molar-refractivity contribution in [2.24, 2.45) is 0 Å². The summed E-state index contributed by atoms with van der Waals surface area (Å²) in [5.74, 6) is 0.218. The van der Waals surface area contributed by atoms with Crippen LogP contribution in [0.25, 0.3) is 11.0 Å². The molecule has 5 heteroatoms. The van der Waals surface area contributed by atoms with Gasteiger partial charge in [-0.25, -0.2) is 9.37 Å². The average molecular weight is 254 g/mol. The molecule has 1 aromatic heterocycles. The van der Waals surface area contributed by atoms with Crippen LogP contribution in [0.15, 0.2) is 48.5 Å². The molecule has 2 aromatic carbocycles. The average Bonchev–Trinajstić information content (AvgIpc) is 2.46. The van der Waals surface area contributed by atoms with Crippen LogP contribution >= 0.6 is 0 Å². The Kier molecular flexibility index (Phi) is 3.02. The van der Waals surface area contributed by atoms with E-state index in [4.69, 9.17) is 0 Å². The van der Waals surface area contributed by atoms with Gasteiger partial charge in [0.15, 0.2) is 0 Å². The number of aromatic nitrogens is 3. The summed E-state index contributed by atoms with van der Waals surface area (Å²) in [4.78, 5) is 4.35. The van der Waals surface area contributed by atoms with E-state index in [2.05, 4.69) is 20.5 Å². The summed E-state index contributed by atoms with van der Waals surface area (Å²) in [5, 5.41) is 11.1. The molecular weight excluding hydrogens is 243 g/mol. The third-order valence-electron chi connectivity index (χ3n) is 2.72. The lowest BCUT2D eigenvalue weighted by molar-refractivity contribution is 0.627. The van der Waals surface area contributed by atoms with Crippen LogP contribution in [0.4, 0.5) is 10.3 Å². The third-order valence-corrected chi connectivity index (χ3v) is 2.72. The van der Waals surface area contributed by atoms with Crippen molar-refractivity contribution in [2.45, 2.75) is 6.54 Å². The van der Waals surface area contributed by atoms with Crippen molar-refractivity contribution >= 4 is 17.0 Å². The molecule has 0 aliphatic rings. The molecule has 0 aliphatic heterocycles. The molecule has 3 rings (SSSR count). The van der Waals surface area contributed by atoms with E-state index in [0.29, 0.717) is 12.5 Å². The number of anilines is 1. The lowest BCUT2D eigenvalue weighted by Crippen LogP contribution is -2.04. The number of nitrogens with zero attached hydrogens (tertiary/aromatic N) is 3. The van der Waals surface area contributed by atoms with Gasteiger partial charge in [0.1, 0.15) is 11.3 Å². The van der Waals surface area contributed by atoms with Crippen molar-refractivity contribution in [2.75, 3.05) is 5.32 Å². The fraction of sp³-hybridized carbons (Fsp3) is 0.0714. The second-order valence-corrected chi connectivity index (χ2v) is 4.10. The number of fused-ring (bicyclic) bond motifs is 1. The summed E-state index contributed by atoms with van der Waals surface area (Å²) >= 11 is 0. The SMILES string of the molecule is Fc1ccc(CNc2nnc3ccccc3n2)cc1. The van der Waals surface area contributed by atoms with Gasteiger partial charge in [-0.05, 0) is 29.8 Å². The topological polar surface area (TPSA) is 50.7 Å². The van der Waals surface area contributed by atoms with Crippen molar-refractivity contribution in [1.29, 1.82) is 0 Å². The van der Waals surface area contributed by atoms with E-state index in [0.717, 1.165) is 16.6 Å². The summed E-state index contributed by atoms with van der Waals surface area (Å²) in [6, 6.07) is 13.8. The molecule has 1 heterocycles. The van der Waals surface area contributed by atoms with Gasteiger partial charge in [-0.2, -0.15) is 0 Å². The molecule has 4 nitrogen and oxygen atoms in total. The first-order chi connectivity index (χ1) is 9.31. The van der Waals surface area contributed by atoms with Gasteiger partial charge in [0.05, 0.1) is 5.52 Å².